The van der Waals surface area contributed by atoms with Crippen molar-refractivity contribution in [3.63, 3.8) is 0 Å². The molecule has 0 spiro atoms. The van der Waals surface area contributed by atoms with Gasteiger partial charge in [0.05, 0.1) is 10.9 Å². The van der Waals surface area contributed by atoms with Crippen molar-refractivity contribution in [1.29, 1.82) is 0 Å². The van der Waals surface area contributed by atoms with E-state index in [1.807, 2.05) is 0 Å². The van der Waals surface area contributed by atoms with E-state index in [0.29, 0.717) is 9.99 Å². The minimum Gasteiger partial charge on any atom is -0.297 e. The molecular weight excluding hydrogens is 210 g/mol. The third kappa shape index (κ3) is 0.970. The van der Waals surface area contributed by atoms with Gasteiger partial charge in [0.2, 0.25) is 0 Å². The Labute approximate surface area is 69.8 Å². The molecule has 0 fully saturated rings. The Hall–Kier alpha value is -1.10. The molecule has 0 saturated carbocycles. The molecule has 2 heterocycles. The molecule has 0 amide bonds. The fourth-order valence-corrected chi connectivity index (χ4v) is 1.24. The van der Waals surface area contributed by atoms with Gasteiger partial charge in [-0.05, 0) is 22.0 Å². The summed E-state index contributed by atoms with van der Waals surface area (Å²) in [6.07, 6.45) is 1.52. The summed E-state index contributed by atoms with van der Waals surface area (Å²) in [5, 5.41) is 5.76. The van der Waals surface area contributed by atoms with Crippen LogP contribution in [0.15, 0.2) is 21.7 Å². The Balaban J connectivity index is 2.97. The molecule has 0 radical (unpaired) electrons. The summed E-state index contributed by atoms with van der Waals surface area (Å²) in [6.45, 7) is 0. The van der Waals surface area contributed by atoms with Crippen LogP contribution in [0.5, 0.6) is 0 Å². The topological polar surface area (TPSA) is 61.5 Å². The van der Waals surface area contributed by atoms with E-state index in [0.717, 1.165) is 5.52 Å². The summed E-state index contributed by atoms with van der Waals surface area (Å²) in [6, 6.07) is 1.74. The molecule has 0 atom stereocenters. The van der Waals surface area contributed by atoms with E-state index in [-0.39, 0.29) is 5.56 Å². The molecule has 0 aromatic carbocycles. The van der Waals surface area contributed by atoms with Gasteiger partial charge in [0.25, 0.3) is 5.56 Å². The van der Waals surface area contributed by atoms with Crippen LogP contribution in [0.4, 0.5) is 0 Å². The number of rotatable bonds is 0. The van der Waals surface area contributed by atoms with Crippen molar-refractivity contribution in [1.82, 2.24) is 15.2 Å². The second kappa shape index (κ2) is 2.20. The Morgan fingerprint density at radius 1 is 1.45 bits per heavy atom. The van der Waals surface area contributed by atoms with Crippen LogP contribution < -0.4 is 5.56 Å². The number of H-pyrrole nitrogens is 2. The Kier molecular flexibility index (Phi) is 1.32. The van der Waals surface area contributed by atoms with Crippen LogP contribution in [0.25, 0.3) is 10.9 Å². The summed E-state index contributed by atoms with van der Waals surface area (Å²) in [4.78, 5) is 14.9. The molecule has 2 aromatic rings. The van der Waals surface area contributed by atoms with Crippen molar-refractivity contribution < 1.29 is 0 Å². The molecular formula is C6H4BrN3O. The summed E-state index contributed by atoms with van der Waals surface area (Å²) in [5.74, 6) is 0. The first-order valence-electron chi connectivity index (χ1n) is 2.99. The molecule has 56 valence electrons. The SMILES string of the molecule is O=c1[nH][nH]c2cc(Br)ncc12. The quantitative estimate of drug-likeness (QED) is 0.643. The normalized spacial score (nSPS) is 10.6. The third-order valence-corrected chi connectivity index (χ3v) is 1.86. The largest absolute Gasteiger partial charge is 0.297 e. The summed E-state index contributed by atoms with van der Waals surface area (Å²) >= 11 is 3.19. The second-order valence-corrected chi connectivity index (χ2v) is 2.94. The fourth-order valence-electron chi connectivity index (χ4n) is 0.906. The lowest BCUT2D eigenvalue weighted by atomic mass is 10.3. The highest BCUT2D eigenvalue weighted by Gasteiger charge is 1.99. The number of fused-ring (bicyclic) bond motifs is 1. The summed E-state index contributed by atoms with van der Waals surface area (Å²) < 4.78 is 0.709. The first-order valence-corrected chi connectivity index (χ1v) is 3.78. The number of aromatic nitrogens is 3. The Bertz CT molecular complexity index is 444. The first kappa shape index (κ1) is 6.60. The van der Waals surface area contributed by atoms with Crippen molar-refractivity contribution in [3.05, 3.63) is 27.2 Å². The van der Waals surface area contributed by atoms with Crippen molar-refractivity contribution in [2.24, 2.45) is 0 Å². The number of nitrogens with zero attached hydrogens (tertiary/aromatic N) is 1. The fraction of sp³-hybridized carbons (Fsp3) is 0. The minimum atomic E-state index is -0.139. The van der Waals surface area contributed by atoms with E-state index in [1.165, 1.54) is 6.20 Å². The van der Waals surface area contributed by atoms with E-state index >= 15 is 0 Å². The molecule has 0 aliphatic rings. The van der Waals surface area contributed by atoms with Gasteiger partial charge < -0.3 is 0 Å². The van der Waals surface area contributed by atoms with Crippen LogP contribution >= 0.6 is 15.9 Å². The van der Waals surface area contributed by atoms with Crippen LogP contribution in [0, 0.1) is 0 Å². The monoisotopic (exact) mass is 213 g/mol. The van der Waals surface area contributed by atoms with Gasteiger partial charge in [-0.25, -0.2) is 4.98 Å². The standard InChI is InChI=1S/C6H4BrN3O/c7-5-1-4-3(2-8-5)6(11)10-9-4/h1-2H,(H2,9,10,11). The number of nitrogens with one attached hydrogen (secondary N) is 2. The van der Waals surface area contributed by atoms with Crippen molar-refractivity contribution in [2.75, 3.05) is 0 Å². The van der Waals surface area contributed by atoms with Gasteiger partial charge in [-0.15, -0.1) is 0 Å². The van der Waals surface area contributed by atoms with E-state index in [1.54, 1.807) is 6.07 Å². The lowest BCUT2D eigenvalue weighted by Gasteiger charge is -1.86. The van der Waals surface area contributed by atoms with Crippen molar-refractivity contribution in [2.45, 2.75) is 0 Å². The molecule has 11 heavy (non-hydrogen) atoms. The van der Waals surface area contributed by atoms with Crippen LogP contribution in [0.2, 0.25) is 0 Å². The molecule has 5 heteroatoms. The highest BCUT2D eigenvalue weighted by molar-refractivity contribution is 9.10. The van der Waals surface area contributed by atoms with Gasteiger partial charge in [0.15, 0.2) is 0 Å². The van der Waals surface area contributed by atoms with Crippen LogP contribution in [0.3, 0.4) is 0 Å². The molecule has 0 aliphatic carbocycles. The molecule has 2 aromatic heterocycles. The molecule has 0 saturated heterocycles. The predicted molar refractivity (Wildman–Crippen MR) is 44.4 cm³/mol. The molecule has 2 rings (SSSR count). The lowest BCUT2D eigenvalue weighted by Crippen LogP contribution is -1.97. The van der Waals surface area contributed by atoms with Gasteiger partial charge in [0.1, 0.15) is 4.60 Å². The molecule has 0 aliphatic heterocycles. The minimum absolute atomic E-state index is 0.139. The first-order chi connectivity index (χ1) is 5.27. The van der Waals surface area contributed by atoms with E-state index in [4.69, 9.17) is 0 Å². The van der Waals surface area contributed by atoms with Crippen LogP contribution in [-0.4, -0.2) is 15.2 Å². The number of halogens is 1. The summed E-state index contributed by atoms with van der Waals surface area (Å²) in [5.41, 5.74) is 0.622. The zero-order valence-electron chi connectivity index (χ0n) is 5.39. The van der Waals surface area contributed by atoms with Crippen molar-refractivity contribution >= 4 is 26.8 Å². The average molecular weight is 214 g/mol. The number of aromatic amines is 2. The molecule has 0 unspecified atom stereocenters. The van der Waals surface area contributed by atoms with Crippen LogP contribution in [0.1, 0.15) is 0 Å². The van der Waals surface area contributed by atoms with E-state index in [2.05, 4.69) is 31.1 Å². The van der Waals surface area contributed by atoms with Gasteiger partial charge in [-0.2, -0.15) is 0 Å². The Morgan fingerprint density at radius 2 is 2.27 bits per heavy atom. The highest BCUT2D eigenvalue weighted by atomic mass is 79.9. The number of hydrogen-bond acceptors (Lipinski definition) is 2. The maximum absolute atomic E-state index is 10.9. The highest BCUT2D eigenvalue weighted by Crippen LogP contribution is 2.10. The van der Waals surface area contributed by atoms with E-state index < -0.39 is 0 Å². The van der Waals surface area contributed by atoms with Gasteiger partial charge >= 0.3 is 0 Å². The molecule has 4 nitrogen and oxygen atoms in total. The Morgan fingerprint density at radius 3 is 3.09 bits per heavy atom. The van der Waals surface area contributed by atoms with Gasteiger partial charge in [-0.1, -0.05) is 0 Å². The van der Waals surface area contributed by atoms with Gasteiger partial charge in [0, 0.05) is 6.20 Å². The average Bonchev–Trinajstić information content (AvgIpc) is 2.32. The molecule has 2 N–H and O–H groups in total. The third-order valence-electron chi connectivity index (χ3n) is 1.43. The second-order valence-electron chi connectivity index (χ2n) is 2.13. The zero-order valence-corrected chi connectivity index (χ0v) is 6.97. The summed E-state index contributed by atoms with van der Waals surface area (Å²) in [7, 11) is 0. The maximum Gasteiger partial charge on any atom is 0.273 e. The molecule has 0 bridgehead atoms. The zero-order chi connectivity index (χ0) is 7.84. The van der Waals surface area contributed by atoms with Crippen LogP contribution in [-0.2, 0) is 0 Å². The predicted octanol–water partition coefficient (Wildman–Crippen LogP) is 1.01. The van der Waals surface area contributed by atoms with E-state index in [9.17, 15) is 4.79 Å². The van der Waals surface area contributed by atoms with Gasteiger partial charge in [-0.3, -0.25) is 15.0 Å². The lowest BCUT2D eigenvalue weighted by molar-refractivity contribution is 1.08. The number of pyridine rings is 1. The van der Waals surface area contributed by atoms with Crippen molar-refractivity contribution in [3.8, 4) is 0 Å². The smallest absolute Gasteiger partial charge is 0.273 e. The maximum atomic E-state index is 10.9. The number of hydrogen-bond donors (Lipinski definition) is 2.